The minimum Gasteiger partial charge on any atom is -0.323 e. The van der Waals surface area contributed by atoms with E-state index in [0.29, 0.717) is 10.5 Å². The SMILES string of the molecule is C[C@@H](C(=O)N1CCc2ccccc2[C@@]1(C)C(F)(F)F)S(C)(=O)=O. The van der Waals surface area contributed by atoms with Crippen LogP contribution in [0.4, 0.5) is 13.2 Å². The van der Waals surface area contributed by atoms with Crippen LogP contribution in [0.5, 0.6) is 0 Å². The lowest BCUT2D eigenvalue weighted by Gasteiger charge is -2.47. The zero-order valence-corrected chi connectivity index (χ0v) is 13.8. The number of nitrogens with zero attached hydrogens (tertiary/aromatic N) is 1. The second-order valence-corrected chi connectivity index (χ2v) is 8.30. The molecule has 8 heteroatoms. The van der Waals surface area contributed by atoms with Crippen molar-refractivity contribution in [2.75, 3.05) is 12.8 Å². The van der Waals surface area contributed by atoms with Crippen molar-refractivity contribution in [3.63, 3.8) is 0 Å². The molecule has 0 saturated carbocycles. The lowest BCUT2D eigenvalue weighted by Crippen LogP contribution is -2.61. The van der Waals surface area contributed by atoms with Crippen LogP contribution in [0.15, 0.2) is 24.3 Å². The number of sulfone groups is 1. The van der Waals surface area contributed by atoms with E-state index < -0.39 is 32.7 Å². The van der Waals surface area contributed by atoms with Crippen LogP contribution in [-0.2, 0) is 26.6 Å². The van der Waals surface area contributed by atoms with E-state index in [0.717, 1.165) is 20.1 Å². The number of carbonyl (C=O) groups excluding carboxylic acids is 1. The monoisotopic (exact) mass is 349 g/mol. The summed E-state index contributed by atoms with van der Waals surface area (Å²) in [4.78, 5) is 13.1. The van der Waals surface area contributed by atoms with Crippen molar-refractivity contribution in [1.82, 2.24) is 4.90 Å². The molecule has 0 unspecified atom stereocenters. The van der Waals surface area contributed by atoms with Crippen molar-refractivity contribution in [1.29, 1.82) is 0 Å². The Hall–Kier alpha value is -1.57. The minimum absolute atomic E-state index is 0.00667. The number of alkyl halides is 3. The molecule has 2 atom stereocenters. The van der Waals surface area contributed by atoms with Crippen molar-refractivity contribution in [2.24, 2.45) is 0 Å². The fourth-order valence-electron chi connectivity index (χ4n) is 2.85. The number of hydrogen-bond acceptors (Lipinski definition) is 3. The van der Waals surface area contributed by atoms with Gasteiger partial charge in [-0.1, -0.05) is 24.3 Å². The first-order valence-corrected chi connectivity index (χ1v) is 9.01. The number of benzene rings is 1. The molecule has 0 aromatic heterocycles. The molecule has 0 spiro atoms. The highest BCUT2D eigenvalue weighted by Crippen LogP contribution is 2.47. The number of amides is 1. The predicted molar refractivity (Wildman–Crippen MR) is 79.6 cm³/mol. The molecular formula is C15H18F3NO3S. The van der Waals surface area contributed by atoms with E-state index in [-0.39, 0.29) is 18.5 Å². The molecule has 1 amide bonds. The molecule has 2 rings (SSSR count). The van der Waals surface area contributed by atoms with E-state index in [2.05, 4.69) is 0 Å². The van der Waals surface area contributed by atoms with Gasteiger partial charge in [0.05, 0.1) is 0 Å². The highest BCUT2D eigenvalue weighted by molar-refractivity contribution is 7.92. The first-order chi connectivity index (χ1) is 10.4. The van der Waals surface area contributed by atoms with Crippen LogP contribution in [0.1, 0.15) is 25.0 Å². The summed E-state index contributed by atoms with van der Waals surface area (Å²) >= 11 is 0. The summed E-state index contributed by atoms with van der Waals surface area (Å²) in [6.45, 7) is 1.87. The topological polar surface area (TPSA) is 54.5 Å². The molecule has 1 aromatic rings. The van der Waals surface area contributed by atoms with Gasteiger partial charge in [0.2, 0.25) is 5.91 Å². The van der Waals surface area contributed by atoms with Gasteiger partial charge in [0.15, 0.2) is 15.4 Å². The molecule has 128 valence electrons. The normalized spacial score (nSPS) is 23.3. The minimum atomic E-state index is -4.73. The third kappa shape index (κ3) is 2.84. The number of carbonyl (C=O) groups is 1. The molecule has 0 bridgehead atoms. The first kappa shape index (κ1) is 17.8. The molecule has 0 N–H and O–H groups in total. The molecule has 0 saturated heterocycles. The Bertz CT molecular complexity index is 730. The molecule has 1 aromatic carbocycles. The van der Waals surface area contributed by atoms with Gasteiger partial charge in [0.25, 0.3) is 0 Å². The Labute approximate surface area is 133 Å². The molecule has 0 fully saturated rings. The molecular weight excluding hydrogens is 331 g/mol. The maximum absolute atomic E-state index is 13.8. The third-order valence-electron chi connectivity index (χ3n) is 4.49. The van der Waals surface area contributed by atoms with E-state index in [1.807, 2.05) is 0 Å². The molecule has 0 radical (unpaired) electrons. The lowest BCUT2D eigenvalue weighted by molar-refractivity contribution is -0.233. The van der Waals surface area contributed by atoms with Gasteiger partial charge in [-0.2, -0.15) is 13.2 Å². The summed E-state index contributed by atoms with van der Waals surface area (Å²) in [5, 5.41) is -1.52. The summed E-state index contributed by atoms with van der Waals surface area (Å²) in [6.07, 6.45) is -3.63. The van der Waals surface area contributed by atoms with Crippen molar-refractivity contribution in [3.05, 3.63) is 35.4 Å². The second kappa shape index (κ2) is 5.51. The summed E-state index contributed by atoms with van der Waals surface area (Å²) in [5.41, 5.74) is -2.03. The summed E-state index contributed by atoms with van der Waals surface area (Å²) in [7, 11) is -3.78. The number of halogens is 3. The Morgan fingerprint density at radius 3 is 2.39 bits per heavy atom. The van der Waals surface area contributed by atoms with Gasteiger partial charge in [0, 0.05) is 12.8 Å². The fraction of sp³-hybridized carbons (Fsp3) is 0.533. The van der Waals surface area contributed by atoms with Crippen LogP contribution < -0.4 is 0 Å². The van der Waals surface area contributed by atoms with E-state index in [4.69, 9.17) is 0 Å². The Morgan fingerprint density at radius 1 is 1.30 bits per heavy atom. The van der Waals surface area contributed by atoms with Gasteiger partial charge in [0.1, 0.15) is 5.25 Å². The van der Waals surface area contributed by atoms with Crippen LogP contribution in [0, 0.1) is 0 Å². The molecule has 1 heterocycles. The van der Waals surface area contributed by atoms with Gasteiger partial charge in [-0.3, -0.25) is 4.79 Å². The summed E-state index contributed by atoms with van der Waals surface area (Å²) in [6, 6.07) is 6.07. The standard InChI is InChI=1S/C15H18F3NO3S/c1-10(23(3,21)22)13(20)19-9-8-11-6-4-5-7-12(11)14(19,2)15(16,17)18/h4-7,10H,8-9H2,1-3H3/t10-,14-/m0/s1. The Balaban J connectivity index is 2.60. The largest absolute Gasteiger partial charge is 0.415 e. The maximum Gasteiger partial charge on any atom is 0.415 e. The van der Waals surface area contributed by atoms with Crippen molar-refractivity contribution >= 4 is 15.7 Å². The van der Waals surface area contributed by atoms with E-state index >= 15 is 0 Å². The molecule has 1 aliphatic rings. The summed E-state index contributed by atoms with van der Waals surface area (Å²) < 4.78 is 64.7. The van der Waals surface area contributed by atoms with Crippen LogP contribution in [0.3, 0.4) is 0 Å². The second-order valence-electron chi connectivity index (χ2n) is 5.94. The van der Waals surface area contributed by atoms with E-state index in [1.54, 1.807) is 12.1 Å². The zero-order chi connectivity index (χ0) is 17.6. The van der Waals surface area contributed by atoms with Crippen molar-refractivity contribution in [3.8, 4) is 0 Å². The lowest BCUT2D eigenvalue weighted by atomic mass is 9.81. The average molecular weight is 349 g/mol. The highest BCUT2D eigenvalue weighted by atomic mass is 32.2. The maximum atomic E-state index is 13.8. The van der Waals surface area contributed by atoms with Crippen LogP contribution in [0.2, 0.25) is 0 Å². The van der Waals surface area contributed by atoms with Crippen LogP contribution in [-0.4, -0.2) is 43.5 Å². The Kier molecular flexibility index (Phi) is 4.26. The fourth-order valence-corrected chi connectivity index (χ4v) is 3.35. The number of rotatable bonds is 2. The average Bonchev–Trinajstić information content (AvgIpc) is 2.44. The first-order valence-electron chi connectivity index (χ1n) is 7.06. The quantitative estimate of drug-likeness (QED) is 0.823. The third-order valence-corrected chi connectivity index (χ3v) is 5.98. The van der Waals surface area contributed by atoms with Gasteiger partial charge < -0.3 is 4.90 Å². The number of hydrogen-bond donors (Lipinski definition) is 0. The van der Waals surface area contributed by atoms with Gasteiger partial charge >= 0.3 is 6.18 Å². The van der Waals surface area contributed by atoms with E-state index in [9.17, 15) is 26.4 Å². The molecule has 1 aliphatic heterocycles. The zero-order valence-electron chi connectivity index (χ0n) is 13.0. The predicted octanol–water partition coefficient (Wildman–Crippen LogP) is 2.28. The van der Waals surface area contributed by atoms with Crippen LogP contribution in [0.25, 0.3) is 0 Å². The van der Waals surface area contributed by atoms with Gasteiger partial charge in [-0.25, -0.2) is 8.42 Å². The van der Waals surface area contributed by atoms with Gasteiger partial charge in [-0.05, 0) is 31.4 Å². The van der Waals surface area contributed by atoms with Crippen molar-refractivity contribution in [2.45, 2.75) is 37.2 Å². The van der Waals surface area contributed by atoms with Crippen molar-refractivity contribution < 1.29 is 26.4 Å². The smallest absolute Gasteiger partial charge is 0.323 e. The van der Waals surface area contributed by atoms with Crippen LogP contribution >= 0.6 is 0 Å². The molecule has 0 aliphatic carbocycles. The summed E-state index contributed by atoms with van der Waals surface area (Å²) in [5.74, 6) is -1.03. The van der Waals surface area contributed by atoms with E-state index in [1.165, 1.54) is 12.1 Å². The highest BCUT2D eigenvalue weighted by Gasteiger charge is 2.60. The molecule has 23 heavy (non-hydrogen) atoms. The Morgan fingerprint density at radius 2 is 1.87 bits per heavy atom. The number of fused-ring (bicyclic) bond motifs is 1. The van der Waals surface area contributed by atoms with Gasteiger partial charge in [-0.15, -0.1) is 0 Å². The molecule has 4 nitrogen and oxygen atoms in total.